The Morgan fingerprint density at radius 3 is 2.80 bits per heavy atom. The Balaban J connectivity index is 1.70. The molecule has 0 atom stereocenters. The van der Waals surface area contributed by atoms with Crippen LogP contribution in [0, 0.1) is 6.92 Å². The molecule has 0 saturated heterocycles. The van der Waals surface area contributed by atoms with E-state index in [2.05, 4.69) is 15.6 Å². The third kappa shape index (κ3) is 3.14. The SMILES string of the molecule is Cc1cc2c([nH]1)/C=C1\C(=O)Nc3ccc(nc31)-c1ccccc1OCCCNC2=O. The molecular weight excluding hydrogens is 380 g/mol. The molecule has 30 heavy (non-hydrogen) atoms. The van der Waals surface area contributed by atoms with Crippen LogP contribution in [0.1, 0.15) is 33.9 Å². The molecule has 2 bridgehead atoms. The van der Waals surface area contributed by atoms with Crippen LogP contribution in [-0.2, 0) is 4.79 Å². The number of carbonyl (C=O) groups excluding carboxylic acids is 2. The van der Waals surface area contributed by atoms with E-state index in [0.717, 1.165) is 22.7 Å². The van der Waals surface area contributed by atoms with Gasteiger partial charge in [0.2, 0.25) is 0 Å². The number of hydrogen-bond donors (Lipinski definition) is 3. The van der Waals surface area contributed by atoms with Crippen molar-refractivity contribution in [2.45, 2.75) is 13.3 Å². The van der Waals surface area contributed by atoms with Gasteiger partial charge in [-0.25, -0.2) is 4.98 Å². The quantitative estimate of drug-likeness (QED) is 0.539. The molecule has 2 aliphatic rings. The molecule has 3 N–H and O–H groups in total. The van der Waals surface area contributed by atoms with Crippen LogP contribution in [0.15, 0.2) is 42.5 Å². The van der Waals surface area contributed by atoms with E-state index in [1.165, 1.54) is 0 Å². The van der Waals surface area contributed by atoms with E-state index >= 15 is 0 Å². The van der Waals surface area contributed by atoms with Gasteiger partial charge >= 0.3 is 0 Å². The number of fused-ring (bicyclic) bond motifs is 4. The fraction of sp³-hybridized carbons (Fsp3) is 0.174. The standard InChI is InChI=1S/C23H20N4O3/c1-13-11-15-19(25-13)12-16-21-18(27-23(16)29)8-7-17(26-21)14-5-2-3-6-20(14)30-10-4-9-24-22(15)28/h2-3,5-8,11-12,25H,4,9-10H2,1H3,(H,24,28)(H,27,29)/b16-12-. The highest BCUT2D eigenvalue weighted by Crippen LogP contribution is 2.36. The van der Waals surface area contributed by atoms with E-state index < -0.39 is 0 Å². The van der Waals surface area contributed by atoms with Crippen molar-refractivity contribution in [2.24, 2.45) is 0 Å². The predicted molar refractivity (Wildman–Crippen MR) is 114 cm³/mol. The summed E-state index contributed by atoms with van der Waals surface area (Å²) >= 11 is 0. The second-order valence-electron chi connectivity index (χ2n) is 7.34. The number of aryl methyl sites for hydroxylation is 1. The van der Waals surface area contributed by atoms with Gasteiger partial charge in [0, 0.05) is 17.8 Å². The number of amides is 2. The normalized spacial score (nSPS) is 17.3. The Hall–Kier alpha value is -3.87. The van der Waals surface area contributed by atoms with Gasteiger partial charge in [0.25, 0.3) is 11.8 Å². The van der Waals surface area contributed by atoms with Gasteiger partial charge in [0.15, 0.2) is 0 Å². The van der Waals surface area contributed by atoms with E-state index in [-0.39, 0.29) is 11.8 Å². The smallest absolute Gasteiger partial charge is 0.258 e. The lowest BCUT2D eigenvalue weighted by molar-refractivity contribution is -0.110. The van der Waals surface area contributed by atoms with Crippen LogP contribution in [0.25, 0.3) is 22.9 Å². The zero-order valence-electron chi connectivity index (χ0n) is 16.4. The van der Waals surface area contributed by atoms with Crippen LogP contribution in [0.5, 0.6) is 5.75 Å². The van der Waals surface area contributed by atoms with E-state index in [1.54, 1.807) is 12.1 Å². The van der Waals surface area contributed by atoms with Crippen molar-refractivity contribution < 1.29 is 14.3 Å². The number of ether oxygens (including phenoxy) is 1. The number of H-pyrrole nitrogens is 1. The molecule has 3 aromatic rings. The topological polar surface area (TPSA) is 96.1 Å². The lowest BCUT2D eigenvalue weighted by Gasteiger charge is -2.12. The maximum absolute atomic E-state index is 12.7. The van der Waals surface area contributed by atoms with E-state index in [0.29, 0.717) is 47.8 Å². The number of nitrogens with zero attached hydrogens (tertiary/aromatic N) is 1. The highest BCUT2D eigenvalue weighted by atomic mass is 16.5. The zero-order valence-corrected chi connectivity index (χ0v) is 16.4. The molecule has 0 fully saturated rings. The van der Waals surface area contributed by atoms with Crippen molar-refractivity contribution in [2.75, 3.05) is 18.5 Å². The van der Waals surface area contributed by atoms with Gasteiger partial charge in [-0.05, 0) is 49.8 Å². The number of carbonyl (C=O) groups is 2. The molecule has 1 aromatic carbocycles. The minimum atomic E-state index is -0.248. The summed E-state index contributed by atoms with van der Waals surface area (Å²) < 4.78 is 5.97. The summed E-state index contributed by atoms with van der Waals surface area (Å²) in [4.78, 5) is 33.3. The lowest BCUT2D eigenvalue weighted by Crippen LogP contribution is -2.25. The predicted octanol–water partition coefficient (Wildman–Crippen LogP) is 3.39. The molecule has 2 aliphatic heterocycles. The van der Waals surface area contributed by atoms with Crippen molar-refractivity contribution in [1.82, 2.24) is 15.3 Å². The highest BCUT2D eigenvalue weighted by molar-refractivity contribution is 6.34. The van der Waals surface area contributed by atoms with Gasteiger partial charge in [0.1, 0.15) is 11.4 Å². The number of pyridine rings is 1. The van der Waals surface area contributed by atoms with E-state index in [4.69, 9.17) is 9.72 Å². The first-order valence-corrected chi connectivity index (χ1v) is 9.84. The fourth-order valence-corrected chi connectivity index (χ4v) is 3.76. The van der Waals surface area contributed by atoms with Gasteiger partial charge in [0.05, 0.1) is 34.8 Å². The minimum absolute atomic E-state index is 0.193. The number of para-hydroxylation sites is 1. The first kappa shape index (κ1) is 18.2. The van der Waals surface area contributed by atoms with Crippen LogP contribution in [0.2, 0.25) is 0 Å². The highest BCUT2D eigenvalue weighted by Gasteiger charge is 2.28. The first-order chi connectivity index (χ1) is 14.6. The average molecular weight is 400 g/mol. The average Bonchev–Trinajstić information content (AvgIpc) is 3.26. The molecule has 2 aromatic heterocycles. The third-order valence-electron chi connectivity index (χ3n) is 5.19. The number of aromatic amines is 1. The molecule has 0 saturated carbocycles. The van der Waals surface area contributed by atoms with Crippen LogP contribution in [0.4, 0.5) is 5.69 Å². The summed E-state index contributed by atoms with van der Waals surface area (Å²) in [6.45, 7) is 2.82. The number of hydrogen-bond acceptors (Lipinski definition) is 4. The van der Waals surface area contributed by atoms with Crippen molar-refractivity contribution in [3.8, 4) is 17.0 Å². The molecule has 0 unspecified atom stereocenters. The van der Waals surface area contributed by atoms with Gasteiger partial charge in [-0.2, -0.15) is 0 Å². The van der Waals surface area contributed by atoms with Crippen molar-refractivity contribution in [1.29, 1.82) is 0 Å². The largest absolute Gasteiger partial charge is 0.493 e. The molecule has 7 nitrogen and oxygen atoms in total. The monoisotopic (exact) mass is 400 g/mol. The maximum Gasteiger partial charge on any atom is 0.258 e. The third-order valence-corrected chi connectivity index (χ3v) is 5.19. The summed E-state index contributed by atoms with van der Waals surface area (Å²) in [6, 6.07) is 13.2. The molecule has 150 valence electrons. The molecule has 4 heterocycles. The molecular formula is C23H20N4O3. The Kier molecular flexibility index (Phi) is 4.35. The Bertz CT molecular complexity index is 1210. The number of aromatic nitrogens is 2. The second kappa shape index (κ2) is 7.18. The summed E-state index contributed by atoms with van der Waals surface area (Å²) in [5.74, 6) is 0.277. The Morgan fingerprint density at radius 1 is 1.03 bits per heavy atom. The van der Waals surface area contributed by atoms with Gasteiger partial charge in [-0.3, -0.25) is 9.59 Å². The summed E-state index contributed by atoms with van der Waals surface area (Å²) in [5, 5.41) is 5.78. The van der Waals surface area contributed by atoms with Crippen molar-refractivity contribution in [3.05, 3.63) is 65.1 Å². The summed E-state index contributed by atoms with van der Waals surface area (Å²) in [5.41, 5.74) is 5.11. The van der Waals surface area contributed by atoms with Crippen molar-refractivity contribution in [3.63, 3.8) is 0 Å². The van der Waals surface area contributed by atoms with Crippen LogP contribution >= 0.6 is 0 Å². The number of benzene rings is 1. The minimum Gasteiger partial charge on any atom is -0.493 e. The molecule has 0 spiro atoms. The maximum atomic E-state index is 12.7. The summed E-state index contributed by atoms with van der Waals surface area (Å²) in [7, 11) is 0. The molecule has 2 amide bonds. The Morgan fingerprint density at radius 2 is 1.90 bits per heavy atom. The number of anilines is 1. The summed E-state index contributed by atoms with van der Waals surface area (Å²) in [6.07, 6.45) is 2.36. The number of nitrogens with one attached hydrogen (secondary N) is 3. The fourth-order valence-electron chi connectivity index (χ4n) is 3.76. The first-order valence-electron chi connectivity index (χ1n) is 9.84. The molecule has 0 radical (unpaired) electrons. The van der Waals surface area contributed by atoms with Gasteiger partial charge in [-0.15, -0.1) is 0 Å². The van der Waals surface area contributed by atoms with E-state index in [9.17, 15) is 9.59 Å². The second-order valence-corrected chi connectivity index (χ2v) is 7.34. The Labute approximate surface area is 173 Å². The van der Waals surface area contributed by atoms with Crippen LogP contribution < -0.4 is 15.4 Å². The molecule has 0 aliphatic carbocycles. The van der Waals surface area contributed by atoms with Gasteiger partial charge < -0.3 is 20.4 Å². The van der Waals surface area contributed by atoms with E-state index in [1.807, 2.05) is 43.3 Å². The van der Waals surface area contributed by atoms with Crippen LogP contribution in [-0.4, -0.2) is 34.9 Å². The molecule has 5 rings (SSSR count). The van der Waals surface area contributed by atoms with Crippen LogP contribution in [0.3, 0.4) is 0 Å². The van der Waals surface area contributed by atoms with Gasteiger partial charge in [-0.1, -0.05) is 12.1 Å². The number of rotatable bonds is 0. The van der Waals surface area contributed by atoms with Crippen molar-refractivity contribution >= 4 is 29.2 Å². The molecule has 7 heteroatoms. The zero-order chi connectivity index (χ0) is 20.7. The lowest BCUT2D eigenvalue weighted by atomic mass is 10.1.